The number of furan rings is 1. The Hall–Kier alpha value is -3.21. The molecule has 1 atom stereocenters. The van der Waals surface area contributed by atoms with Gasteiger partial charge in [0.15, 0.2) is 9.84 Å². The van der Waals surface area contributed by atoms with Gasteiger partial charge in [-0.1, -0.05) is 32.0 Å². The molecule has 0 aliphatic heterocycles. The summed E-state index contributed by atoms with van der Waals surface area (Å²) in [6.45, 7) is 3.64. The van der Waals surface area contributed by atoms with Crippen molar-refractivity contribution in [2.24, 2.45) is 5.92 Å². The molecule has 0 unspecified atom stereocenters. The Morgan fingerprint density at radius 2 is 1.49 bits per heavy atom. The molecule has 0 bridgehead atoms. The van der Waals surface area contributed by atoms with Crippen LogP contribution in [0.1, 0.15) is 20.3 Å². The van der Waals surface area contributed by atoms with Crippen molar-refractivity contribution >= 4 is 47.8 Å². The third-order valence-electron chi connectivity index (χ3n) is 5.67. The number of nitrogens with one attached hydrogen (secondary N) is 1. The summed E-state index contributed by atoms with van der Waals surface area (Å²) in [4.78, 5) is 11.7. The number of carbonyl (C=O) groups is 1. The van der Waals surface area contributed by atoms with Crippen molar-refractivity contribution in [2.45, 2.75) is 36.1 Å². The molecule has 1 heterocycles. The second-order valence-corrected chi connectivity index (χ2v) is 12.6. The first kappa shape index (κ1) is 24.9. The maximum atomic E-state index is 12.9. The van der Waals surface area contributed by atoms with Crippen LogP contribution in [0.4, 0.5) is 0 Å². The van der Waals surface area contributed by atoms with Crippen molar-refractivity contribution in [3.63, 3.8) is 0 Å². The first-order valence-electron chi connectivity index (χ1n) is 10.9. The maximum absolute atomic E-state index is 12.9. The van der Waals surface area contributed by atoms with Crippen LogP contribution in [0.5, 0.6) is 0 Å². The van der Waals surface area contributed by atoms with Crippen molar-refractivity contribution in [3.8, 4) is 11.1 Å². The molecule has 0 aliphatic carbocycles. The average Bonchev–Trinajstić information content (AvgIpc) is 3.14. The summed E-state index contributed by atoms with van der Waals surface area (Å²) >= 11 is 0. The standard InChI is InChI=1S/C25H25NO7S2/c1-15(2)12-22(25(27)28)26-35(31,32)19-9-11-23-21(14-19)20-10-6-17(13-24(20)33-23)16-4-7-18(8-5-16)34(3,29)30/h4-11,13-15,22,26H,12H2,1-3H3,(H,27,28)/t22-/m0/s1. The van der Waals surface area contributed by atoms with E-state index in [1.54, 1.807) is 36.4 Å². The predicted molar refractivity (Wildman–Crippen MR) is 133 cm³/mol. The van der Waals surface area contributed by atoms with Gasteiger partial charge in [0.05, 0.1) is 9.79 Å². The van der Waals surface area contributed by atoms with Gasteiger partial charge in [0.25, 0.3) is 0 Å². The minimum Gasteiger partial charge on any atom is -0.480 e. The molecule has 0 aliphatic rings. The molecule has 0 fully saturated rings. The number of rotatable bonds is 8. The number of carboxylic acid groups (broad SMARTS) is 1. The van der Waals surface area contributed by atoms with E-state index in [0.29, 0.717) is 21.9 Å². The quantitative estimate of drug-likeness (QED) is 0.355. The molecule has 0 spiro atoms. The number of hydrogen-bond donors (Lipinski definition) is 2. The summed E-state index contributed by atoms with van der Waals surface area (Å²) in [6.07, 6.45) is 1.32. The van der Waals surface area contributed by atoms with Crippen LogP contribution in [0, 0.1) is 5.92 Å². The average molecular weight is 516 g/mol. The Kier molecular flexibility index (Phi) is 6.48. The third-order valence-corrected chi connectivity index (χ3v) is 8.27. The number of carboxylic acids is 1. The molecule has 3 aromatic carbocycles. The lowest BCUT2D eigenvalue weighted by Crippen LogP contribution is -2.41. The second kappa shape index (κ2) is 9.10. The molecule has 4 aromatic rings. The summed E-state index contributed by atoms with van der Waals surface area (Å²) < 4.78 is 57.5. The summed E-state index contributed by atoms with van der Waals surface area (Å²) in [5.74, 6) is -1.23. The molecule has 0 saturated heterocycles. The highest BCUT2D eigenvalue weighted by Gasteiger charge is 2.26. The minimum atomic E-state index is -4.08. The first-order chi connectivity index (χ1) is 16.3. The van der Waals surface area contributed by atoms with Crippen LogP contribution < -0.4 is 4.72 Å². The highest BCUT2D eigenvalue weighted by Crippen LogP contribution is 2.34. The Balaban J connectivity index is 1.70. The van der Waals surface area contributed by atoms with Crippen LogP contribution in [-0.4, -0.2) is 40.2 Å². The Bertz CT molecular complexity index is 1630. The Morgan fingerprint density at radius 3 is 2.09 bits per heavy atom. The molecule has 8 nitrogen and oxygen atoms in total. The van der Waals surface area contributed by atoms with Gasteiger partial charge in [0, 0.05) is 17.0 Å². The third kappa shape index (κ3) is 5.24. The van der Waals surface area contributed by atoms with Crippen molar-refractivity contribution in [3.05, 3.63) is 60.7 Å². The van der Waals surface area contributed by atoms with Gasteiger partial charge in [0.2, 0.25) is 10.0 Å². The number of sulfonamides is 1. The number of hydrogen-bond acceptors (Lipinski definition) is 6. The van der Waals surface area contributed by atoms with Crippen LogP contribution in [0.15, 0.2) is 74.9 Å². The molecule has 0 radical (unpaired) electrons. The van der Waals surface area contributed by atoms with E-state index < -0.39 is 31.9 Å². The fourth-order valence-electron chi connectivity index (χ4n) is 3.92. The van der Waals surface area contributed by atoms with E-state index in [9.17, 15) is 26.7 Å². The van der Waals surface area contributed by atoms with E-state index >= 15 is 0 Å². The van der Waals surface area contributed by atoms with Crippen LogP contribution in [0.25, 0.3) is 33.1 Å². The molecule has 0 saturated carbocycles. The van der Waals surface area contributed by atoms with E-state index in [2.05, 4.69) is 4.72 Å². The van der Waals surface area contributed by atoms with Crippen LogP contribution in [-0.2, 0) is 24.7 Å². The smallest absolute Gasteiger partial charge is 0.321 e. The van der Waals surface area contributed by atoms with Crippen LogP contribution in [0.2, 0.25) is 0 Å². The number of fused-ring (bicyclic) bond motifs is 3. The van der Waals surface area contributed by atoms with E-state index in [1.165, 1.54) is 12.1 Å². The van der Waals surface area contributed by atoms with Gasteiger partial charge in [-0.2, -0.15) is 4.72 Å². The molecule has 10 heteroatoms. The largest absolute Gasteiger partial charge is 0.480 e. The lowest BCUT2D eigenvalue weighted by Gasteiger charge is -2.16. The molecule has 4 rings (SSSR count). The molecular weight excluding hydrogens is 490 g/mol. The normalized spacial score (nSPS) is 13.5. The Labute approximate surface area is 203 Å². The van der Waals surface area contributed by atoms with Gasteiger partial charge in [-0.05, 0) is 65.9 Å². The van der Waals surface area contributed by atoms with Gasteiger partial charge >= 0.3 is 5.97 Å². The topological polar surface area (TPSA) is 131 Å². The number of benzene rings is 3. The van der Waals surface area contributed by atoms with Gasteiger partial charge < -0.3 is 9.52 Å². The van der Waals surface area contributed by atoms with Crippen molar-refractivity contribution in [1.29, 1.82) is 0 Å². The first-order valence-corrected chi connectivity index (χ1v) is 14.2. The summed E-state index contributed by atoms with van der Waals surface area (Å²) in [6, 6.07) is 15.1. The minimum absolute atomic E-state index is 0.00382. The summed E-state index contributed by atoms with van der Waals surface area (Å²) in [7, 11) is -7.37. The SMILES string of the molecule is CC(C)C[C@H](NS(=O)(=O)c1ccc2oc3cc(-c4ccc(S(C)(=O)=O)cc4)ccc3c2c1)C(=O)O. The highest BCUT2D eigenvalue weighted by atomic mass is 32.2. The van der Waals surface area contributed by atoms with E-state index in [-0.39, 0.29) is 22.1 Å². The molecular formula is C25H25NO7S2. The fraction of sp³-hybridized carbons (Fsp3) is 0.240. The van der Waals surface area contributed by atoms with Crippen LogP contribution >= 0.6 is 0 Å². The van der Waals surface area contributed by atoms with Gasteiger partial charge in [-0.15, -0.1) is 0 Å². The number of aliphatic carboxylic acids is 1. The fourth-order valence-corrected chi connectivity index (χ4v) is 5.78. The second-order valence-electron chi connectivity index (χ2n) is 8.91. The maximum Gasteiger partial charge on any atom is 0.321 e. The van der Waals surface area contributed by atoms with E-state index in [1.807, 2.05) is 26.0 Å². The van der Waals surface area contributed by atoms with Gasteiger partial charge in [-0.25, -0.2) is 16.8 Å². The lowest BCUT2D eigenvalue weighted by molar-refractivity contribution is -0.139. The zero-order valence-corrected chi connectivity index (χ0v) is 21.0. The zero-order valence-electron chi connectivity index (χ0n) is 19.3. The van der Waals surface area contributed by atoms with E-state index in [0.717, 1.165) is 17.4 Å². The lowest BCUT2D eigenvalue weighted by atomic mass is 10.0. The summed E-state index contributed by atoms with van der Waals surface area (Å²) in [5.41, 5.74) is 2.64. The van der Waals surface area contributed by atoms with Crippen molar-refractivity contribution < 1.29 is 31.2 Å². The summed E-state index contributed by atoms with van der Waals surface area (Å²) in [5, 5.41) is 10.7. The molecule has 184 valence electrons. The molecule has 35 heavy (non-hydrogen) atoms. The predicted octanol–water partition coefficient (Wildman–Crippen LogP) is 4.43. The van der Waals surface area contributed by atoms with Crippen molar-refractivity contribution in [1.82, 2.24) is 4.72 Å². The van der Waals surface area contributed by atoms with Crippen LogP contribution in [0.3, 0.4) is 0 Å². The highest BCUT2D eigenvalue weighted by molar-refractivity contribution is 7.90. The molecule has 2 N–H and O–H groups in total. The molecule has 0 amide bonds. The van der Waals surface area contributed by atoms with Crippen molar-refractivity contribution in [2.75, 3.05) is 6.26 Å². The Morgan fingerprint density at radius 1 is 0.857 bits per heavy atom. The van der Waals surface area contributed by atoms with E-state index in [4.69, 9.17) is 4.42 Å². The zero-order chi connectivity index (χ0) is 25.5. The van der Waals surface area contributed by atoms with Gasteiger partial charge in [-0.3, -0.25) is 4.79 Å². The van der Waals surface area contributed by atoms with Gasteiger partial charge in [0.1, 0.15) is 17.2 Å². The molecule has 1 aromatic heterocycles. The number of sulfone groups is 1. The monoisotopic (exact) mass is 515 g/mol.